The Hall–Kier alpha value is -3.96. The van der Waals surface area contributed by atoms with E-state index in [-0.39, 0.29) is 17.8 Å². The number of fused-ring (bicyclic) bond motifs is 2. The van der Waals surface area contributed by atoms with Crippen LogP contribution in [0, 0.1) is 28.6 Å². The minimum Gasteiger partial charge on any atom is -0.497 e. The fraction of sp³-hybridized carbons (Fsp3) is 0.217. The van der Waals surface area contributed by atoms with Gasteiger partial charge in [0.05, 0.1) is 19.2 Å². The van der Waals surface area contributed by atoms with Gasteiger partial charge in [-0.1, -0.05) is 37.3 Å². The van der Waals surface area contributed by atoms with E-state index in [1.54, 1.807) is 12.0 Å². The van der Waals surface area contributed by atoms with Gasteiger partial charge in [-0.25, -0.2) is 10.4 Å². The van der Waals surface area contributed by atoms with Crippen LogP contribution >= 0.6 is 0 Å². The molecule has 3 unspecified atom stereocenters. The summed E-state index contributed by atoms with van der Waals surface area (Å²) in [5, 5.41) is 29.4. The molecule has 3 atom stereocenters. The molecule has 2 N–H and O–H groups in total. The molecule has 0 amide bonds. The number of methoxy groups -OCH3 is 1. The van der Waals surface area contributed by atoms with Gasteiger partial charge in [0.2, 0.25) is 0 Å². The van der Waals surface area contributed by atoms with Crippen molar-refractivity contribution in [3.63, 3.8) is 0 Å². The normalized spacial score (nSPS) is 24.5. The average molecular weight is 411 g/mol. The highest BCUT2D eigenvalue weighted by Crippen LogP contribution is 2.43. The molecule has 0 aromatic heterocycles. The number of hydrogen-bond acceptors (Lipinski definition) is 7. The van der Waals surface area contributed by atoms with Crippen molar-refractivity contribution in [2.24, 2.45) is 22.1 Å². The van der Waals surface area contributed by atoms with Crippen molar-refractivity contribution in [2.45, 2.75) is 13.0 Å². The molecule has 2 aromatic carbocycles. The second-order valence-electron chi connectivity index (χ2n) is 7.60. The molecule has 8 heteroatoms. The van der Waals surface area contributed by atoms with Crippen LogP contribution in [0.15, 0.2) is 88.2 Å². The standard InChI is InChI=1S/C23H21N7O/c1-14-18(13-24)22(25)29(16-8-10-17(31-2)11-9-16)23-21(14)27-26-20-12-19(28-30(20)23)15-6-4-3-5-7-15/h3-12,14,18-19,25,28H,1-2H3. The zero-order valence-electron chi connectivity index (χ0n) is 17.1. The van der Waals surface area contributed by atoms with E-state index in [4.69, 9.17) is 10.1 Å². The number of azo groups is 1. The maximum absolute atomic E-state index is 9.77. The van der Waals surface area contributed by atoms with Crippen LogP contribution in [0.5, 0.6) is 5.75 Å². The summed E-state index contributed by atoms with van der Waals surface area (Å²) < 4.78 is 5.28. The van der Waals surface area contributed by atoms with Gasteiger partial charge < -0.3 is 4.74 Å². The van der Waals surface area contributed by atoms with Crippen LogP contribution in [0.1, 0.15) is 18.5 Å². The van der Waals surface area contributed by atoms with E-state index in [1.807, 2.05) is 60.5 Å². The molecule has 31 heavy (non-hydrogen) atoms. The fourth-order valence-electron chi connectivity index (χ4n) is 4.13. The maximum atomic E-state index is 9.77. The van der Waals surface area contributed by atoms with E-state index in [2.05, 4.69) is 33.9 Å². The Labute approximate surface area is 180 Å². The van der Waals surface area contributed by atoms with E-state index in [1.165, 1.54) is 0 Å². The number of nitrogens with one attached hydrogen (secondary N) is 2. The first-order chi connectivity index (χ1) is 15.1. The molecule has 0 saturated heterocycles. The van der Waals surface area contributed by atoms with E-state index >= 15 is 0 Å². The fourth-order valence-corrected chi connectivity index (χ4v) is 4.13. The number of nitrogens with zero attached hydrogens (tertiary/aromatic N) is 5. The molecule has 0 fully saturated rings. The summed E-state index contributed by atoms with van der Waals surface area (Å²) in [4.78, 5) is 1.77. The lowest BCUT2D eigenvalue weighted by Crippen LogP contribution is -2.51. The lowest BCUT2D eigenvalue weighted by atomic mass is 9.86. The average Bonchev–Trinajstić information content (AvgIpc) is 3.25. The predicted molar refractivity (Wildman–Crippen MR) is 116 cm³/mol. The van der Waals surface area contributed by atoms with E-state index in [9.17, 15) is 5.26 Å². The van der Waals surface area contributed by atoms with Crippen molar-refractivity contribution in [1.82, 2.24) is 10.4 Å². The largest absolute Gasteiger partial charge is 0.497 e. The molecule has 3 aliphatic rings. The molecule has 5 rings (SSSR count). The third-order valence-corrected chi connectivity index (χ3v) is 5.82. The Kier molecular flexibility index (Phi) is 4.53. The molecule has 3 heterocycles. The molecular weight excluding hydrogens is 390 g/mol. The summed E-state index contributed by atoms with van der Waals surface area (Å²) in [6.45, 7) is 1.92. The topological polar surface area (TPSA) is 100 Å². The molecule has 0 bridgehead atoms. The van der Waals surface area contributed by atoms with E-state index in [0.717, 1.165) is 17.0 Å². The number of nitriles is 1. The second-order valence-corrected chi connectivity index (χ2v) is 7.60. The van der Waals surface area contributed by atoms with Gasteiger partial charge in [0.15, 0.2) is 11.6 Å². The van der Waals surface area contributed by atoms with Crippen molar-refractivity contribution >= 4 is 11.5 Å². The summed E-state index contributed by atoms with van der Waals surface area (Å²) >= 11 is 0. The maximum Gasteiger partial charge on any atom is 0.169 e. The first-order valence-electron chi connectivity index (χ1n) is 10.0. The number of allylic oxidation sites excluding steroid dienone is 1. The van der Waals surface area contributed by atoms with Gasteiger partial charge in [0, 0.05) is 11.6 Å². The Bertz CT molecular complexity index is 1160. The predicted octanol–water partition coefficient (Wildman–Crippen LogP) is 4.31. The van der Waals surface area contributed by atoms with Crippen LogP contribution in [0.2, 0.25) is 0 Å². The highest BCUT2D eigenvalue weighted by Gasteiger charge is 2.45. The van der Waals surface area contributed by atoms with Crippen LogP contribution in [0.3, 0.4) is 0 Å². The van der Waals surface area contributed by atoms with Crippen molar-refractivity contribution in [1.29, 1.82) is 10.7 Å². The highest BCUT2D eigenvalue weighted by molar-refractivity contribution is 6.03. The first kappa shape index (κ1) is 19.0. The van der Waals surface area contributed by atoms with Gasteiger partial charge in [-0.15, -0.1) is 10.2 Å². The van der Waals surface area contributed by atoms with Crippen LogP contribution in [0.25, 0.3) is 0 Å². The van der Waals surface area contributed by atoms with Gasteiger partial charge in [0.1, 0.15) is 23.2 Å². The minimum absolute atomic E-state index is 0.0714. The molecule has 8 nitrogen and oxygen atoms in total. The third kappa shape index (κ3) is 2.98. The Morgan fingerprint density at radius 2 is 1.84 bits per heavy atom. The second kappa shape index (κ2) is 7.38. The van der Waals surface area contributed by atoms with Gasteiger partial charge in [-0.2, -0.15) is 5.26 Å². The molecule has 0 spiro atoms. The van der Waals surface area contributed by atoms with Crippen molar-refractivity contribution in [3.8, 4) is 11.8 Å². The van der Waals surface area contributed by atoms with Crippen molar-refractivity contribution in [3.05, 3.63) is 83.6 Å². The Morgan fingerprint density at radius 3 is 2.52 bits per heavy atom. The number of rotatable bonds is 3. The quantitative estimate of drug-likeness (QED) is 0.784. The van der Waals surface area contributed by atoms with Gasteiger partial charge in [-0.05, 0) is 35.9 Å². The minimum atomic E-state index is -0.627. The summed E-state index contributed by atoms with van der Waals surface area (Å²) in [5.74, 6) is 1.41. The molecular formula is C23H21N7O. The van der Waals surface area contributed by atoms with Crippen LogP contribution in [-0.4, -0.2) is 18.0 Å². The Balaban J connectivity index is 1.61. The molecule has 0 radical (unpaired) electrons. The number of ether oxygens (including phenoxy) is 1. The van der Waals surface area contributed by atoms with E-state index in [0.29, 0.717) is 17.3 Å². The number of hydrazine groups is 1. The SMILES string of the molecule is COc1ccc(N2C(=N)C(C#N)C(C)C3=C2N2NC(c4ccccc4)C=C2N=N3)cc1. The van der Waals surface area contributed by atoms with Crippen LogP contribution in [0.4, 0.5) is 5.69 Å². The van der Waals surface area contributed by atoms with Gasteiger partial charge >= 0.3 is 0 Å². The molecule has 154 valence electrons. The van der Waals surface area contributed by atoms with Crippen LogP contribution < -0.4 is 15.1 Å². The lowest BCUT2D eigenvalue weighted by molar-refractivity contribution is 0.287. The summed E-state index contributed by atoms with van der Waals surface area (Å²) in [5.41, 5.74) is 6.03. The molecule has 0 aliphatic carbocycles. The van der Waals surface area contributed by atoms with Gasteiger partial charge in [-0.3, -0.25) is 10.3 Å². The summed E-state index contributed by atoms with van der Waals surface area (Å²) in [6, 6.07) is 19.7. The number of benzene rings is 2. The zero-order valence-corrected chi connectivity index (χ0v) is 17.1. The molecule has 2 aromatic rings. The first-order valence-corrected chi connectivity index (χ1v) is 10.0. The lowest BCUT2D eigenvalue weighted by Gasteiger charge is -2.42. The van der Waals surface area contributed by atoms with Crippen molar-refractivity contribution in [2.75, 3.05) is 12.0 Å². The highest BCUT2D eigenvalue weighted by atomic mass is 16.5. The monoisotopic (exact) mass is 411 g/mol. The number of hydrogen-bond donors (Lipinski definition) is 2. The number of amidine groups is 1. The Morgan fingerprint density at radius 1 is 1.10 bits per heavy atom. The van der Waals surface area contributed by atoms with Gasteiger partial charge in [0.25, 0.3) is 0 Å². The molecule has 0 saturated carbocycles. The number of anilines is 1. The zero-order chi connectivity index (χ0) is 21.5. The molecule has 3 aliphatic heterocycles. The smallest absolute Gasteiger partial charge is 0.169 e. The van der Waals surface area contributed by atoms with Crippen molar-refractivity contribution < 1.29 is 4.74 Å². The summed E-state index contributed by atoms with van der Waals surface area (Å²) in [7, 11) is 1.61. The van der Waals surface area contributed by atoms with Crippen LogP contribution in [-0.2, 0) is 0 Å². The summed E-state index contributed by atoms with van der Waals surface area (Å²) in [6.07, 6.45) is 2.01. The third-order valence-electron chi connectivity index (χ3n) is 5.82. The van der Waals surface area contributed by atoms with E-state index < -0.39 is 5.92 Å².